The Hall–Kier alpha value is -2.19. The summed E-state index contributed by atoms with van der Waals surface area (Å²) >= 11 is 6.47. The number of hydrogen-bond acceptors (Lipinski definition) is 4. The third kappa shape index (κ3) is 4.56. The summed E-state index contributed by atoms with van der Waals surface area (Å²) in [6, 6.07) is 10.1. The van der Waals surface area contributed by atoms with Crippen molar-refractivity contribution in [1.82, 2.24) is 5.16 Å². The minimum Gasteiger partial charge on any atom is -0.489 e. The lowest BCUT2D eigenvalue weighted by molar-refractivity contribution is 0.101. The fourth-order valence-corrected chi connectivity index (χ4v) is 3.69. The van der Waals surface area contributed by atoms with Gasteiger partial charge in [0.2, 0.25) is 0 Å². The number of rotatable bonds is 5. The number of amides is 1. The van der Waals surface area contributed by atoms with Crippen LogP contribution in [-0.2, 0) is 6.61 Å². The number of halogens is 3. The molecule has 0 atom stereocenters. The van der Waals surface area contributed by atoms with Crippen molar-refractivity contribution < 1.29 is 18.4 Å². The smallest absolute Gasteiger partial charge is 0.278 e. The fourth-order valence-electron chi connectivity index (χ4n) is 2.36. The van der Waals surface area contributed by atoms with E-state index < -0.39 is 11.7 Å². The van der Waals surface area contributed by atoms with Gasteiger partial charge in [0.15, 0.2) is 5.69 Å². The van der Waals surface area contributed by atoms with Gasteiger partial charge in [0.25, 0.3) is 5.91 Å². The second-order valence-corrected chi connectivity index (χ2v) is 7.57. The van der Waals surface area contributed by atoms with Crippen LogP contribution < -0.4 is 10.1 Å². The molecule has 0 aliphatic carbocycles. The molecule has 1 N–H and O–H groups in total. The van der Waals surface area contributed by atoms with E-state index in [1.807, 2.05) is 31.2 Å². The van der Waals surface area contributed by atoms with Crippen LogP contribution in [0.3, 0.4) is 0 Å². The Kier molecular flexibility index (Phi) is 5.96. The summed E-state index contributed by atoms with van der Waals surface area (Å²) in [5, 5.41) is 6.55. The Morgan fingerprint density at radius 1 is 1.19 bits per heavy atom. The van der Waals surface area contributed by atoms with Gasteiger partial charge in [-0.15, -0.1) is 0 Å². The van der Waals surface area contributed by atoms with Crippen LogP contribution in [0.4, 0.5) is 10.1 Å². The molecule has 1 heterocycles. The number of aryl methyl sites for hydroxylation is 2. The predicted molar refractivity (Wildman–Crippen MR) is 107 cm³/mol. The number of carbonyl (C=O) groups excluding carboxylic acids is 1. The molecule has 0 radical (unpaired) electrons. The molecule has 5 nitrogen and oxygen atoms in total. The van der Waals surface area contributed by atoms with E-state index in [-0.39, 0.29) is 12.3 Å². The molecule has 0 spiro atoms. The first kappa shape index (κ1) is 19.6. The molecular weight excluding hydrogens is 483 g/mol. The molecule has 140 valence electrons. The topological polar surface area (TPSA) is 64.4 Å². The molecule has 3 rings (SSSR count). The molecular formula is C19H15Br2FN2O3. The SMILES string of the molecule is Cc1ccc(OCc2c(C(=O)Nc3c(Br)cc(F)cc3Br)noc2C)cc1. The van der Waals surface area contributed by atoms with Crippen LogP contribution in [0, 0.1) is 19.7 Å². The minimum atomic E-state index is -0.484. The van der Waals surface area contributed by atoms with Crippen LogP contribution in [0.2, 0.25) is 0 Å². The first-order valence-electron chi connectivity index (χ1n) is 7.95. The van der Waals surface area contributed by atoms with Crippen molar-refractivity contribution >= 4 is 43.5 Å². The summed E-state index contributed by atoms with van der Waals surface area (Å²) in [5.41, 5.74) is 2.18. The summed E-state index contributed by atoms with van der Waals surface area (Å²) in [5.74, 6) is 0.250. The molecule has 0 fully saturated rings. The summed E-state index contributed by atoms with van der Waals surface area (Å²) in [7, 11) is 0. The third-order valence-electron chi connectivity index (χ3n) is 3.85. The van der Waals surface area contributed by atoms with Crippen molar-refractivity contribution in [2.45, 2.75) is 20.5 Å². The number of carbonyl (C=O) groups is 1. The van der Waals surface area contributed by atoms with E-state index in [1.165, 1.54) is 12.1 Å². The van der Waals surface area contributed by atoms with Crippen LogP contribution in [0.5, 0.6) is 5.75 Å². The molecule has 1 amide bonds. The molecule has 0 aliphatic rings. The summed E-state index contributed by atoms with van der Waals surface area (Å²) in [6.45, 7) is 3.83. The zero-order valence-corrected chi connectivity index (χ0v) is 17.6. The van der Waals surface area contributed by atoms with Crippen molar-refractivity contribution in [2.24, 2.45) is 0 Å². The number of nitrogens with one attached hydrogen (secondary N) is 1. The quantitative estimate of drug-likeness (QED) is 0.484. The van der Waals surface area contributed by atoms with E-state index in [2.05, 4.69) is 42.3 Å². The Labute approximate surface area is 172 Å². The van der Waals surface area contributed by atoms with E-state index >= 15 is 0 Å². The number of anilines is 1. The van der Waals surface area contributed by atoms with Gasteiger partial charge in [-0.3, -0.25) is 4.79 Å². The van der Waals surface area contributed by atoms with Crippen LogP contribution in [0.25, 0.3) is 0 Å². The van der Waals surface area contributed by atoms with Crippen LogP contribution in [0.1, 0.15) is 27.4 Å². The van der Waals surface area contributed by atoms with Gasteiger partial charge in [-0.05, 0) is 70.0 Å². The van der Waals surface area contributed by atoms with Crippen molar-refractivity contribution in [2.75, 3.05) is 5.32 Å². The monoisotopic (exact) mass is 496 g/mol. The van der Waals surface area contributed by atoms with Gasteiger partial charge in [0, 0.05) is 8.95 Å². The van der Waals surface area contributed by atoms with Crippen LogP contribution in [0.15, 0.2) is 49.9 Å². The van der Waals surface area contributed by atoms with E-state index in [0.29, 0.717) is 31.7 Å². The first-order valence-corrected chi connectivity index (χ1v) is 9.54. The van der Waals surface area contributed by atoms with Crippen molar-refractivity contribution in [3.63, 3.8) is 0 Å². The predicted octanol–water partition coefficient (Wildman–Crippen LogP) is 5.79. The maximum Gasteiger partial charge on any atom is 0.278 e. The Balaban J connectivity index is 1.79. The summed E-state index contributed by atoms with van der Waals surface area (Å²) < 4.78 is 25.1. The molecule has 1 aromatic heterocycles. The largest absolute Gasteiger partial charge is 0.489 e. The highest BCUT2D eigenvalue weighted by atomic mass is 79.9. The van der Waals surface area contributed by atoms with E-state index in [0.717, 1.165) is 5.56 Å². The van der Waals surface area contributed by atoms with Gasteiger partial charge < -0.3 is 14.6 Å². The van der Waals surface area contributed by atoms with Crippen LogP contribution >= 0.6 is 31.9 Å². The Bertz CT molecular complexity index is 964. The van der Waals surface area contributed by atoms with Crippen molar-refractivity contribution in [1.29, 1.82) is 0 Å². The normalized spacial score (nSPS) is 10.7. The van der Waals surface area contributed by atoms with E-state index in [1.54, 1.807) is 6.92 Å². The van der Waals surface area contributed by atoms with Gasteiger partial charge in [0.05, 0.1) is 11.3 Å². The Morgan fingerprint density at radius 3 is 2.44 bits per heavy atom. The molecule has 3 aromatic rings. The van der Waals surface area contributed by atoms with E-state index in [9.17, 15) is 9.18 Å². The van der Waals surface area contributed by atoms with Crippen LogP contribution in [-0.4, -0.2) is 11.1 Å². The lowest BCUT2D eigenvalue weighted by Gasteiger charge is -2.10. The summed E-state index contributed by atoms with van der Waals surface area (Å²) in [4.78, 5) is 12.7. The fraction of sp³-hybridized carbons (Fsp3) is 0.158. The zero-order chi connectivity index (χ0) is 19.6. The molecule has 27 heavy (non-hydrogen) atoms. The highest BCUT2D eigenvalue weighted by molar-refractivity contribution is 9.11. The Morgan fingerprint density at radius 2 is 1.81 bits per heavy atom. The zero-order valence-electron chi connectivity index (χ0n) is 14.5. The molecule has 0 bridgehead atoms. The van der Waals surface area contributed by atoms with Gasteiger partial charge in [-0.2, -0.15) is 0 Å². The molecule has 0 unspecified atom stereocenters. The lowest BCUT2D eigenvalue weighted by atomic mass is 10.2. The van der Waals surface area contributed by atoms with E-state index in [4.69, 9.17) is 9.26 Å². The van der Waals surface area contributed by atoms with Crippen molar-refractivity contribution in [3.05, 3.63) is 73.7 Å². The number of aromatic nitrogens is 1. The molecule has 2 aromatic carbocycles. The molecule has 8 heteroatoms. The lowest BCUT2D eigenvalue weighted by Crippen LogP contribution is -2.16. The van der Waals surface area contributed by atoms with Gasteiger partial charge in [0.1, 0.15) is 23.9 Å². The maximum atomic E-state index is 13.4. The highest BCUT2D eigenvalue weighted by Crippen LogP contribution is 2.32. The standard InChI is InChI=1S/C19H15Br2FN2O3/c1-10-3-5-13(6-4-10)26-9-14-11(2)27-24-17(14)19(25)23-18-15(20)7-12(22)8-16(18)21/h3-8H,9H2,1-2H3,(H,23,25). The maximum absolute atomic E-state index is 13.4. The molecule has 0 saturated heterocycles. The molecule has 0 saturated carbocycles. The number of hydrogen-bond donors (Lipinski definition) is 1. The second-order valence-electron chi connectivity index (χ2n) is 5.87. The van der Waals surface area contributed by atoms with Gasteiger partial charge >= 0.3 is 0 Å². The molecule has 0 aliphatic heterocycles. The first-order chi connectivity index (χ1) is 12.8. The average molecular weight is 498 g/mol. The van der Waals surface area contributed by atoms with Gasteiger partial charge in [-0.1, -0.05) is 22.9 Å². The van der Waals surface area contributed by atoms with Gasteiger partial charge in [-0.25, -0.2) is 4.39 Å². The number of ether oxygens (including phenoxy) is 1. The minimum absolute atomic E-state index is 0.114. The average Bonchev–Trinajstić information content (AvgIpc) is 2.98. The number of benzene rings is 2. The highest BCUT2D eigenvalue weighted by Gasteiger charge is 2.22. The number of nitrogens with zero attached hydrogens (tertiary/aromatic N) is 1. The van der Waals surface area contributed by atoms with Crippen molar-refractivity contribution in [3.8, 4) is 5.75 Å². The second kappa shape index (κ2) is 8.22. The summed E-state index contributed by atoms with van der Waals surface area (Å²) in [6.07, 6.45) is 0. The third-order valence-corrected chi connectivity index (χ3v) is 5.10.